The van der Waals surface area contributed by atoms with Crippen LogP contribution in [0.5, 0.6) is 5.75 Å². The average molecular weight is 279 g/mol. The highest BCUT2D eigenvalue weighted by Crippen LogP contribution is 2.12. The first kappa shape index (κ1) is 16.0. The SMILES string of the molecule is Cc1cccc(OCCN(C)C(=O)C(N)CC(N)=O)c1. The van der Waals surface area contributed by atoms with Gasteiger partial charge in [-0.3, -0.25) is 9.59 Å². The molecule has 0 bridgehead atoms. The predicted molar refractivity (Wildman–Crippen MR) is 76.1 cm³/mol. The van der Waals surface area contributed by atoms with E-state index in [0.717, 1.165) is 11.3 Å². The van der Waals surface area contributed by atoms with Crippen molar-refractivity contribution in [1.29, 1.82) is 0 Å². The average Bonchev–Trinajstić information content (AvgIpc) is 2.37. The van der Waals surface area contributed by atoms with E-state index in [1.807, 2.05) is 31.2 Å². The maximum Gasteiger partial charge on any atom is 0.239 e. The minimum absolute atomic E-state index is 0.151. The maximum atomic E-state index is 11.8. The summed E-state index contributed by atoms with van der Waals surface area (Å²) in [7, 11) is 1.61. The van der Waals surface area contributed by atoms with Crippen LogP contribution >= 0.6 is 0 Å². The fourth-order valence-electron chi connectivity index (χ4n) is 1.70. The molecule has 2 amide bonds. The van der Waals surface area contributed by atoms with Gasteiger partial charge in [-0.1, -0.05) is 12.1 Å². The number of nitrogens with zero attached hydrogens (tertiary/aromatic N) is 1. The first-order chi connectivity index (χ1) is 9.40. The van der Waals surface area contributed by atoms with E-state index >= 15 is 0 Å². The quantitative estimate of drug-likeness (QED) is 0.736. The Balaban J connectivity index is 2.37. The molecule has 0 heterocycles. The molecule has 6 heteroatoms. The Hall–Kier alpha value is -2.08. The van der Waals surface area contributed by atoms with E-state index in [2.05, 4.69) is 0 Å². The molecule has 0 fully saturated rings. The lowest BCUT2D eigenvalue weighted by molar-refractivity contribution is -0.133. The van der Waals surface area contributed by atoms with Crippen LogP contribution in [0.1, 0.15) is 12.0 Å². The van der Waals surface area contributed by atoms with E-state index in [1.165, 1.54) is 4.90 Å². The molecule has 6 nitrogen and oxygen atoms in total. The lowest BCUT2D eigenvalue weighted by Crippen LogP contribution is -2.45. The number of hydrogen-bond donors (Lipinski definition) is 2. The number of primary amides is 1. The van der Waals surface area contributed by atoms with Gasteiger partial charge in [-0.15, -0.1) is 0 Å². The molecule has 1 aromatic rings. The summed E-state index contributed by atoms with van der Waals surface area (Å²) in [6.45, 7) is 2.72. The van der Waals surface area contributed by atoms with Gasteiger partial charge in [0, 0.05) is 7.05 Å². The minimum Gasteiger partial charge on any atom is -0.492 e. The summed E-state index contributed by atoms with van der Waals surface area (Å²) >= 11 is 0. The molecule has 0 spiro atoms. The standard InChI is InChI=1S/C14H21N3O3/c1-10-4-3-5-11(8-10)20-7-6-17(2)14(19)12(15)9-13(16)18/h3-5,8,12H,6-7,9,15H2,1-2H3,(H2,16,18). The van der Waals surface area contributed by atoms with Crippen LogP contribution in [0, 0.1) is 6.92 Å². The second-order valence-electron chi connectivity index (χ2n) is 4.70. The van der Waals surface area contributed by atoms with Crippen molar-refractivity contribution in [3.8, 4) is 5.75 Å². The number of aryl methyl sites for hydroxylation is 1. The van der Waals surface area contributed by atoms with Crippen LogP contribution in [0.25, 0.3) is 0 Å². The molecule has 0 radical (unpaired) electrons. The molecule has 0 aromatic heterocycles. The molecule has 110 valence electrons. The molecule has 0 aliphatic rings. The van der Waals surface area contributed by atoms with E-state index < -0.39 is 11.9 Å². The molecular weight excluding hydrogens is 258 g/mol. The molecule has 0 saturated carbocycles. The highest BCUT2D eigenvalue weighted by molar-refractivity contribution is 5.87. The Kier molecular flexibility index (Phi) is 5.99. The monoisotopic (exact) mass is 279 g/mol. The van der Waals surface area contributed by atoms with Crippen LogP contribution in [0.15, 0.2) is 24.3 Å². The van der Waals surface area contributed by atoms with Crippen LogP contribution in [-0.4, -0.2) is 43.0 Å². The van der Waals surface area contributed by atoms with Gasteiger partial charge in [0.25, 0.3) is 0 Å². The van der Waals surface area contributed by atoms with Gasteiger partial charge in [-0.2, -0.15) is 0 Å². The Morgan fingerprint density at radius 3 is 2.70 bits per heavy atom. The zero-order chi connectivity index (χ0) is 15.1. The Bertz CT molecular complexity index is 476. The summed E-state index contributed by atoms with van der Waals surface area (Å²) in [4.78, 5) is 24.0. The van der Waals surface area contributed by atoms with Crippen LogP contribution in [0.3, 0.4) is 0 Å². The first-order valence-corrected chi connectivity index (χ1v) is 6.38. The zero-order valence-electron chi connectivity index (χ0n) is 11.8. The van der Waals surface area contributed by atoms with Crippen molar-refractivity contribution in [2.45, 2.75) is 19.4 Å². The summed E-state index contributed by atoms with van der Waals surface area (Å²) in [5.41, 5.74) is 11.7. The van der Waals surface area contributed by atoms with Crippen molar-refractivity contribution in [1.82, 2.24) is 4.90 Å². The summed E-state index contributed by atoms with van der Waals surface area (Å²) < 4.78 is 5.54. The molecule has 1 unspecified atom stereocenters. The summed E-state index contributed by atoms with van der Waals surface area (Å²) in [6.07, 6.45) is -0.151. The number of carbonyl (C=O) groups is 2. The van der Waals surface area contributed by atoms with Gasteiger partial charge in [0.15, 0.2) is 0 Å². The molecule has 0 aliphatic heterocycles. The van der Waals surface area contributed by atoms with Crippen molar-refractivity contribution in [2.75, 3.05) is 20.2 Å². The normalized spacial score (nSPS) is 11.8. The number of ether oxygens (including phenoxy) is 1. The lowest BCUT2D eigenvalue weighted by atomic mass is 10.2. The minimum atomic E-state index is -0.892. The number of benzene rings is 1. The lowest BCUT2D eigenvalue weighted by Gasteiger charge is -2.20. The third kappa shape index (κ3) is 5.27. The van der Waals surface area contributed by atoms with E-state index in [1.54, 1.807) is 7.05 Å². The first-order valence-electron chi connectivity index (χ1n) is 6.38. The summed E-state index contributed by atoms with van der Waals surface area (Å²) in [6, 6.07) is 6.76. The van der Waals surface area contributed by atoms with Crippen molar-refractivity contribution >= 4 is 11.8 Å². The third-order valence-corrected chi connectivity index (χ3v) is 2.80. The molecule has 1 atom stereocenters. The van der Waals surface area contributed by atoms with Crippen molar-refractivity contribution in [3.63, 3.8) is 0 Å². The fourth-order valence-corrected chi connectivity index (χ4v) is 1.70. The number of hydrogen-bond acceptors (Lipinski definition) is 4. The van der Waals surface area contributed by atoms with Gasteiger partial charge in [-0.05, 0) is 24.6 Å². The van der Waals surface area contributed by atoms with Crippen molar-refractivity contribution < 1.29 is 14.3 Å². The molecular formula is C14H21N3O3. The number of likely N-dealkylation sites (N-methyl/N-ethyl adjacent to an activating group) is 1. The Morgan fingerprint density at radius 2 is 2.10 bits per heavy atom. The zero-order valence-corrected chi connectivity index (χ0v) is 11.8. The number of nitrogens with two attached hydrogens (primary N) is 2. The highest BCUT2D eigenvalue weighted by Gasteiger charge is 2.19. The van der Waals surface area contributed by atoms with Crippen molar-refractivity contribution in [3.05, 3.63) is 29.8 Å². The van der Waals surface area contributed by atoms with Gasteiger partial charge in [-0.25, -0.2) is 0 Å². The number of rotatable bonds is 7. The number of carbonyl (C=O) groups excluding carboxylic acids is 2. The van der Waals surface area contributed by atoms with Gasteiger partial charge in [0.1, 0.15) is 12.4 Å². The van der Waals surface area contributed by atoms with Crippen molar-refractivity contribution in [2.24, 2.45) is 11.5 Å². The maximum absolute atomic E-state index is 11.8. The van der Waals surface area contributed by atoms with Crippen LogP contribution in [-0.2, 0) is 9.59 Å². The van der Waals surface area contributed by atoms with Gasteiger partial charge >= 0.3 is 0 Å². The van der Waals surface area contributed by atoms with E-state index in [4.69, 9.17) is 16.2 Å². The molecule has 1 aromatic carbocycles. The highest BCUT2D eigenvalue weighted by atomic mass is 16.5. The second-order valence-corrected chi connectivity index (χ2v) is 4.70. The number of amides is 2. The van der Waals surface area contributed by atoms with E-state index in [9.17, 15) is 9.59 Å². The Labute approximate surface area is 118 Å². The van der Waals surface area contributed by atoms with Gasteiger partial charge < -0.3 is 21.1 Å². The summed E-state index contributed by atoms with van der Waals surface area (Å²) in [5.74, 6) is -0.154. The van der Waals surface area contributed by atoms with Gasteiger partial charge in [0.2, 0.25) is 11.8 Å². The predicted octanol–water partition coefficient (Wildman–Crippen LogP) is 0.0349. The molecule has 4 N–H and O–H groups in total. The van der Waals surface area contributed by atoms with E-state index in [-0.39, 0.29) is 12.3 Å². The third-order valence-electron chi connectivity index (χ3n) is 2.80. The van der Waals surface area contributed by atoms with E-state index in [0.29, 0.717) is 13.2 Å². The van der Waals surface area contributed by atoms with Crippen LogP contribution < -0.4 is 16.2 Å². The van der Waals surface area contributed by atoms with Crippen LogP contribution in [0.2, 0.25) is 0 Å². The van der Waals surface area contributed by atoms with Gasteiger partial charge in [0.05, 0.1) is 19.0 Å². The second kappa shape index (κ2) is 7.49. The topological polar surface area (TPSA) is 98.7 Å². The molecule has 20 heavy (non-hydrogen) atoms. The van der Waals surface area contributed by atoms with Crippen LogP contribution in [0.4, 0.5) is 0 Å². The summed E-state index contributed by atoms with van der Waals surface area (Å²) in [5, 5.41) is 0. The largest absolute Gasteiger partial charge is 0.492 e. The molecule has 0 aliphatic carbocycles. The smallest absolute Gasteiger partial charge is 0.239 e. The Morgan fingerprint density at radius 1 is 1.40 bits per heavy atom. The molecule has 1 rings (SSSR count). The fraction of sp³-hybridized carbons (Fsp3) is 0.429. The molecule has 0 saturated heterocycles.